The molecule has 32 heavy (non-hydrogen) atoms. The van der Waals surface area contributed by atoms with Gasteiger partial charge in [-0.2, -0.15) is 18.3 Å². The predicted molar refractivity (Wildman–Crippen MR) is 108 cm³/mol. The maximum Gasteiger partial charge on any atom is 0.416 e. The Hall–Kier alpha value is -3.01. The van der Waals surface area contributed by atoms with Gasteiger partial charge < -0.3 is 10.1 Å². The van der Waals surface area contributed by atoms with Crippen LogP contribution in [0.5, 0.6) is 0 Å². The van der Waals surface area contributed by atoms with Crippen LogP contribution in [0, 0.1) is 5.82 Å². The van der Waals surface area contributed by atoms with Gasteiger partial charge in [0, 0.05) is 24.6 Å². The molecule has 0 radical (unpaired) electrons. The molecular formula is C22H22F4N4O2. The fourth-order valence-electron chi connectivity index (χ4n) is 3.88. The molecule has 1 aromatic carbocycles. The number of benzene rings is 1. The van der Waals surface area contributed by atoms with Crippen LogP contribution >= 0.6 is 0 Å². The molecule has 6 nitrogen and oxygen atoms in total. The van der Waals surface area contributed by atoms with Crippen molar-refractivity contribution < 1.29 is 27.1 Å². The molecule has 1 fully saturated rings. The molecule has 0 saturated carbocycles. The molecule has 170 valence electrons. The molecule has 4 rings (SSSR count). The summed E-state index contributed by atoms with van der Waals surface area (Å²) in [6.07, 6.45) is 0.946. The average molecular weight is 450 g/mol. The largest absolute Gasteiger partial charge is 0.416 e. The third-order valence-electron chi connectivity index (χ3n) is 5.69. The monoisotopic (exact) mass is 450 g/mol. The van der Waals surface area contributed by atoms with E-state index in [1.807, 2.05) is 13.8 Å². The van der Waals surface area contributed by atoms with Crippen molar-refractivity contribution in [2.24, 2.45) is 0 Å². The highest BCUT2D eigenvalue weighted by Crippen LogP contribution is 2.36. The van der Waals surface area contributed by atoms with Gasteiger partial charge in [-0.3, -0.25) is 4.79 Å². The summed E-state index contributed by atoms with van der Waals surface area (Å²) in [5.74, 6) is -1.39. The molecule has 1 aliphatic heterocycles. The van der Waals surface area contributed by atoms with Gasteiger partial charge in [-0.1, -0.05) is 19.9 Å². The van der Waals surface area contributed by atoms with E-state index in [0.29, 0.717) is 31.2 Å². The third-order valence-corrected chi connectivity index (χ3v) is 5.69. The van der Waals surface area contributed by atoms with Gasteiger partial charge in [0.2, 0.25) is 0 Å². The summed E-state index contributed by atoms with van der Waals surface area (Å²) in [5.41, 5.74) is -1.01. The molecule has 10 heteroatoms. The van der Waals surface area contributed by atoms with Gasteiger partial charge in [0.05, 0.1) is 23.9 Å². The van der Waals surface area contributed by atoms with Gasteiger partial charge in [0.25, 0.3) is 5.91 Å². The highest BCUT2D eigenvalue weighted by molar-refractivity contribution is 6.00. The van der Waals surface area contributed by atoms with Crippen LogP contribution in [0.3, 0.4) is 0 Å². The van der Waals surface area contributed by atoms with Crippen LogP contribution in [0.1, 0.15) is 59.7 Å². The number of hydrogen-bond donors (Lipinski definition) is 1. The van der Waals surface area contributed by atoms with Crippen molar-refractivity contribution in [2.45, 2.75) is 44.3 Å². The molecule has 1 unspecified atom stereocenters. The SMILES string of the molecule is CC(C)c1cnc2c(C(=O)NC3(c4ccc(C(F)(F)F)cc4F)CCCOC3)cnn2c1. The first kappa shape index (κ1) is 22.2. The summed E-state index contributed by atoms with van der Waals surface area (Å²) in [7, 11) is 0. The van der Waals surface area contributed by atoms with Crippen LogP contribution in [-0.2, 0) is 16.5 Å². The summed E-state index contributed by atoms with van der Waals surface area (Å²) >= 11 is 0. The van der Waals surface area contributed by atoms with E-state index < -0.39 is 29.0 Å². The number of fused-ring (bicyclic) bond motifs is 1. The molecule has 0 spiro atoms. The predicted octanol–water partition coefficient (Wildman–Crippen LogP) is 4.45. The van der Waals surface area contributed by atoms with Crippen molar-refractivity contribution in [2.75, 3.05) is 13.2 Å². The van der Waals surface area contributed by atoms with E-state index in [2.05, 4.69) is 15.4 Å². The highest BCUT2D eigenvalue weighted by Gasteiger charge is 2.40. The van der Waals surface area contributed by atoms with Crippen molar-refractivity contribution in [1.82, 2.24) is 19.9 Å². The lowest BCUT2D eigenvalue weighted by molar-refractivity contribution is -0.137. The second kappa shape index (κ2) is 8.16. The van der Waals surface area contributed by atoms with E-state index in [0.717, 1.165) is 17.7 Å². The minimum atomic E-state index is -4.67. The van der Waals surface area contributed by atoms with Gasteiger partial charge in [0.1, 0.15) is 11.4 Å². The average Bonchev–Trinajstić information content (AvgIpc) is 3.17. The molecular weight excluding hydrogens is 428 g/mol. The fourth-order valence-corrected chi connectivity index (χ4v) is 3.88. The number of halogens is 4. The third kappa shape index (κ3) is 4.06. The minimum Gasteiger partial charge on any atom is -0.379 e. The Bertz CT molecular complexity index is 1150. The molecule has 2 aromatic heterocycles. The van der Waals surface area contributed by atoms with Gasteiger partial charge in [-0.05, 0) is 36.5 Å². The lowest BCUT2D eigenvalue weighted by atomic mass is 9.83. The summed E-state index contributed by atoms with van der Waals surface area (Å²) in [6, 6.07) is 2.32. The maximum atomic E-state index is 14.8. The number of carbonyl (C=O) groups is 1. The summed E-state index contributed by atoms with van der Waals surface area (Å²) in [5, 5.41) is 6.99. The zero-order valence-electron chi connectivity index (χ0n) is 17.5. The number of amides is 1. The number of aromatic nitrogens is 3. The number of nitrogens with one attached hydrogen (secondary N) is 1. The Morgan fingerprint density at radius 2 is 2.06 bits per heavy atom. The van der Waals surface area contributed by atoms with Gasteiger partial charge >= 0.3 is 6.18 Å². The van der Waals surface area contributed by atoms with Crippen molar-refractivity contribution in [3.8, 4) is 0 Å². The lowest BCUT2D eigenvalue weighted by Gasteiger charge is -2.38. The Balaban J connectivity index is 1.69. The first-order valence-corrected chi connectivity index (χ1v) is 10.2. The van der Waals surface area contributed by atoms with Crippen molar-refractivity contribution >= 4 is 11.6 Å². The molecule has 1 amide bonds. The van der Waals surface area contributed by atoms with E-state index >= 15 is 0 Å². The smallest absolute Gasteiger partial charge is 0.379 e. The molecule has 1 N–H and O–H groups in total. The second-order valence-electron chi connectivity index (χ2n) is 8.25. The topological polar surface area (TPSA) is 68.5 Å². The van der Waals surface area contributed by atoms with E-state index in [1.54, 1.807) is 12.4 Å². The van der Waals surface area contributed by atoms with E-state index in [9.17, 15) is 22.4 Å². The Labute approximate surface area is 181 Å². The van der Waals surface area contributed by atoms with Crippen LogP contribution in [0.4, 0.5) is 17.6 Å². The molecule has 1 aliphatic rings. The number of rotatable bonds is 4. The molecule has 0 aliphatic carbocycles. The number of carbonyl (C=O) groups excluding carboxylic acids is 1. The van der Waals surface area contributed by atoms with E-state index in [1.165, 1.54) is 10.7 Å². The standard InChI is InChI=1S/C22H22F4N4O2/c1-13(2)14-9-27-19-16(10-28-30(19)11-14)20(31)29-21(6-3-7-32-12-21)17-5-4-15(8-18(17)23)22(24,25)26/h4-5,8-11,13H,3,6-7,12H2,1-2H3,(H,29,31). The van der Waals surface area contributed by atoms with Crippen LogP contribution < -0.4 is 5.32 Å². The minimum absolute atomic E-state index is 0.0509. The Morgan fingerprint density at radius 3 is 2.69 bits per heavy atom. The molecule has 1 saturated heterocycles. The van der Waals surface area contributed by atoms with Crippen LogP contribution in [-0.4, -0.2) is 33.7 Å². The van der Waals surface area contributed by atoms with Crippen molar-refractivity contribution in [1.29, 1.82) is 0 Å². The molecule has 0 bridgehead atoms. The zero-order chi connectivity index (χ0) is 23.1. The number of ether oxygens (including phenoxy) is 1. The zero-order valence-corrected chi connectivity index (χ0v) is 17.5. The van der Waals surface area contributed by atoms with Crippen LogP contribution in [0.15, 0.2) is 36.8 Å². The highest BCUT2D eigenvalue weighted by atomic mass is 19.4. The van der Waals surface area contributed by atoms with Crippen LogP contribution in [0.25, 0.3) is 5.65 Å². The first-order valence-electron chi connectivity index (χ1n) is 10.2. The molecule has 3 aromatic rings. The summed E-state index contributed by atoms with van der Waals surface area (Å²) in [4.78, 5) is 17.5. The van der Waals surface area contributed by atoms with Crippen LogP contribution in [0.2, 0.25) is 0 Å². The summed E-state index contributed by atoms with van der Waals surface area (Å²) < 4.78 is 60.8. The number of alkyl halides is 3. The van der Waals surface area contributed by atoms with Crippen molar-refractivity contribution in [3.05, 3.63) is 64.9 Å². The van der Waals surface area contributed by atoms with E-state index in [4.69, 9.17) is 4.74 Å². The normalized spacial score (nSPS) is 19.5. The second-order valence-corrected chi connectivity index (χ2v) is 8.25. The Kier molecular flexibility index (Phi) is 5.66. The van der Waals surface area contributed by atoms with Crippen molar-refractivity contribution in [3.63, 3.8) is 0 Å². The molecule has 1 atom stereocenters. The lowest BCUT2D eigenvalue weighted by Crippen LogP contribution is -2.52. The van der Waals surface area contributed by atoms with Gasteiger partial charge in [-0.15, -0.1) is 0 Å². The van der Waals surface area contributed by atoms with Gasteiger partial charge in [-0.25, -0.2) is 13.9 Å². The quantitative estimate of drug-likeness (QED) is 0.597. The fraction of sp³-hybridized carbons (Fsp3) is 0.409. The Morgan fingerprint density at radius 1 is 1.28 bits per heavy atom. The molecule has 3 heterocycles. The summed E-state index contributed by atoms with van der Waals surface area (Å²) in [6.45, 7) is 4.36. The number of hydrogen-bond acceptors (Lipinski definition) is 4. The van der Waals surface area contributed by atoms with Gasteiger partial charge in [0.15, 0.2) is 5.65 Å². The van der Waals surface area contributed by atoms with E-state index in [-0.39, 0.29) is 23.7 Å². The first-order chi connectivity index (χ1) is 15.1. The number of nitrogens with zero attached hydrogens (tertiary/aromatic N) is 3. The maximum absolute atomic E-state index is 14.8.